The van der Waals surface area contributed by atoms with Crippen molar-refractivity contribution in [3.8, 4) is 0 Å². The van der Waals surface area contributed by atoms with Gasteiger partial charge < -0.3 is 15.1 Å². The van der Waals surface area contributed by atoms with E-state index in [1.165, 1.54) is 32.4 Å². The average molecular weight is 269 g/mol. The molecule has 0 saturated carbocycles. The van der Waals surface area contributed by atoms with Crippen molar-refractivity contribution >= 4 is 0 Å². The number of nitrogens with one attached hydrogen (secondary N) is 1. The zero-order valence-corrected chi connectivity index (χ0v) is 13.9. The van der Waals surface area contributed by atoms with Gasteiger partial charge in [0.1, 0.15) is 0 Å². The summed E-state index contributed by atoms with van der Waals surface area (Å²) in [6.45, 7) is 12.9. The van der Waals surface area contributed by atoms with E-state index in [0.717, 1.165) is 18.5 Å². The highest BCUT2D eigenvalue weighted by molar-refractivity contribution is 4.81. The van der Waals surface area contributed by atoms with Gasteiger partial charge in [-0.2, -0.15) is 0 Å². The summed E-state index contributed by atoms with van der Waals surface area (Å²) in [4.78, 5) is 4.96. The molecule has 114 valence electrons. The number of hydrogen-bond acceptors (Lipinski definition) is 3. The number of nitrogens with zero attached hydrogens (tertiary/aromatic N) is 2. The normalized spacial score (nSPS) is 20.7. The van der Waals surface area contributed by atoms with E-state index in [2.05, 4.69) is 56.9 Å². The second kappa shape index (κ2) is 8.23. The average Bonchev–Trinajstić information content (AvgIpc) is 2.34. The van der Waals surface area contributed by atoms with Gasteiger partial charge in [0.05, 0.1) is 0 Å². The SMILES string of the molecule is CC(C)CC(CNC1CCN(C(C)C)CC1)N(C)C. The third-order valence-electron chi connectivity index (χ3n) is 4.38. The highest BCUT2D eigenvalue weighted by Crippen LogP contribution is 2.14. The molecule has 0 aliphatic carbocycles. The van der Waals surface area contributed by atoms with Gasteiger partial charge in [-0.25, -0.2) is 0 Å². The number of likely N-dealkylation sites (N-methyl/N-ethyl adjacent to an activating group) is 1. The molecule has 0 spiro atoms. The highest BCUT2D eigenvalue weighted by Gasteiger charge is 2.22. The van der Waals surface area contributed by atoms with Gasteiger partial charge in [-0.1, -0.05) is 13.8 Å². The minimum atomic E-state index is 0.670. The standard InChI is InChI=1S/C16H35N3/c1-13(2)11-16(18(5)6)12-17-15-7-9-19(10-8-15)14(3)4/h13-17H,7-12H2,1-6H3. The first-order valence-corrected chi connectivity index (χ1v) is 8.04. The smallest absolute Gasteiger partial charge is 0.0217 e. The van der Waals surface area contributed by atoms with E-state index in [9.17, 15) is 0 Å². The predicted molar refractivity (Wildman–Crippen MR) is 84.7 cm³/mol. The maximum absolute atomic E-state index is 3.80. The molecular weight excluding hydrogens is 234 g/mol. The quantitative estimate of drug-likeness (QED) is 0.766. The van der Waals surface area contributed by atoms with E-state index in [1.807, 2.05) is 0 Å². The van der Waals surface area contributed by atoms with Crippen LogP contribution in [0.3, 0.4) is 0 Å². The molecular formula is C16H35N3. The van der Waals surface area contributed by atoms with Crippen LogP contribution in [-0.4, -0.2) is 61.7 Å². The molecule has 1 heterocycles. The summed E-state index contributed by atoms with van der Waals surface area (Å²) in [7, 11) is 4.41. The Bertz CT molecular complexity index is 230. The van der Waals surface area contributed by atoms with Crippen LogP contribution in [0.2, 0.25) is 0 Å². The van der Waals surface area contributed by atoms with Gasteiger partial charge >= 0.3 is 0 Å². The number of hydrogen-bond donors (Lipinski definition) is 1. The van der Waals surface area contributed by atoms with Crippen LogP contribution < -0.4 is 5.32 Å². The third kappa shape index (κ3) is 6.24. The van der Waals surface area contributed by atoms with Crippen LogP contribution in [-0.2, 0) is 0 Å². The predicted octanol–water partition coefficient (Wildman–Crippen LogP) is 2.43. The van der Waals surface area contributed by atoms with Crippen LogP contribution in [0.1, 0.15) is 47.0 Å². The van der Waals surface area contributed by atoms with E-state index < -0.39 is 0 Å². The molecule has 1 atom stereocenters. The zero-order valence-electron chi connectivity index (χ0n) is 13.9. The lowest BCUT2D eigenvalue weighted by molar-refractivity contribution is 0.154. The molecule has 0 radical (unpaired) electrons. The number of piperidine rings is 1. The van der Waals surface area contributed by atoms with Crippen LogP contribution in [0.4, 0.5) is 0 Å². The van der Waals surface area contributed by atoms with Crippen LogP contribution in [0.25, 0.3) is 0 Å². The molecule has 3 heteroatoms. The van der Waals surface area contributed by atoms with Crippen molar-refractivity contribution in [2.24, 2.45) is 5.92 Å². The molecule has 1 N–H and O–H groups in total. The van der Waals surface area contributed by atoms with Crippen molar-refractivity contribution in [1.29, 1.82) is 0 Å². The van der Waals surface area contributed by atoms with E-state index in [1.54, 1.807) is 0 Å². The maximum Gasteiger partial charge on any atom is 0.0217 e. The summed E-state index contributed by atoms with van der Waals surface area (Å²) in [5.41, 5.74) is 0. The summed E-state index contributed by atoms with van der Waals surface area (Å²) in [6, 6.07) is 2.10. The molecule has 1 unspecified atom stereocenters. The summed E-state index contributed by atoms with van der Waals surface area (Å²) >= 11 is 0. The fourth-order valence-electron chi connectivity index (χ4n) is 2.94. The molecule has 0 aromatic heterocycles. The molecule has 1 fully saturated rings. The van der Waals surface area contributed by atoms with Crippen molar-refractivity contribution in [2.75, 3.05) is 33.7 Å². The molecule has 19 heavy (non-hydrogen) atoms. The molecule has 1 aliphatic heterocycles. The van der Waals surface area contributed by atoms with E-state index in [0.29, 0.717) is 12.1 Å². The van der Waals surface area contributed by atoms with Crippen molar-refractivity contribution < 1.29 is 0 Å². The first-order chi connectivity index (χ1) is 8.90. The fourth-order valence-corrected chi connectivity index (χ4v) is 2.94. The summed E-state index contributed by atoms with van der Waals surface area (Å²) < 4.78 is 0. The van der Waals surface area contributed by atoms with Crippen LogP contribution in [0.15, 0.2) is 0 Å². The van der Waals surface area contributed by atoms with Gasteiger partial charge in [0.15, 0.2) is 0 Å². The first kappa shape index (κ1) is 16.9. The molecule has 1 rings (SSSR count). The van der Waals surface area contributed by atoms with E-state index in [4.69, 9.17) is 0 Å². The Morgan fingerprint density at radius 3 is 2.11 bits per heavy atom. The first-order valence-electron chi connectivity index (χ1n) is 8.04. The third-order valence-corrected chi connectivity index (χ3v) is 4.38. The molecule has 0 aromatic carbocycles. The van der Waals surface area contributed by atoms with Crippen LogP contribution in [0, 0.1) is 5.92 Å². The van der Waals surface area contributed by atoms with Gasteiger partial charge in [0.25, 0.3) is 0 Å². The van der Waals surface area contributed by atoms with Gasteiger partial charge in [-0.3, -0.25) is 0 Å². The number of likely N-dealkylation sites (tertiary alicyclic amines) is 1. The zero-order chi connectivity index (χ0) is 14.4. The number of rotatable bonds is 7. The molecule has 0 amide bonds. The molecule has 0 bridgehead atoms. The molecule has 0 aromatic rings. The van der Waals surface area contributed by atoms with Crippen molar-refractivity contribution in [3.05, 3.63) is 0 Å². The topological polar surface area (TPSA) is 18.5 Å². The summed E-state index contributed by atoms with van der Waals surface area (Å²) in [5, 5.41) is 3.80. The maximum atomic E-state index is 3.80. The lowest BCUT2D eigenvalue weighted by Gasteiger charge is -2.36. The lowest BCUT2D eigenvalue weighted by atomic mass is 10.0. The summed E-state index contributed by atoms with van der Waals surface area (Å²) in [5.74, 6) is 0.775. The molecule has 1 saturated heterocycles. The Labute approximate surface area is 120 Å². The summed E-state index contributed by atoms with van der Waals surface area (Å²) in [6.07, 6.45) is 3.89. The van der Waals surface area contributed by atoms with E-state index >= 15 is 0 Å². The molecule has 3 nitrogen and oxygen atoms in total. The Morgan fingerprint density at radius 1 is 1.11 bits per heavy atom. The minimum Gasteiger partial charge on any atom is -0.312 e. The Hall–Kier alpha value is -0.120. The van der Waals surface area contributed by atoms with Gasteiger partial charge in [-0.15, -0.1) is 0 Å². The van der Waals surface area contributed by atoms with Crippen molar-refractivity contribution in [2.45, 2.75) is 65.1 Å². The second-order valence-corrected chi connectivity index (χ2v) is 7.06. The largest absolute Gasteiger partial charge is 0.312 e. The molecule has 1 aliphatic rings. The second-order valence-electron chi connectivity index (χ2n) is 7.06. The monoisotopic (exact) mass is 269 g/mol. The van der Waals surface area contributed by atoms with Gasteiger partial charge in [0, 0.05) is 24.7 Å². The van der Waals surface area contributed by atoms with Crippen LogP contribution >= 0.6 is 0 Å². The van der Waals surface area contributed by atoms with Gasteiger partial charge in [-0.05, 0) is 66.2 Å². The lowest BCUT2D eigenvalue weighted by Crippen LogP contribution is -2.48. The Morgan fingerprint density at radius 2 is 1.68 bits per heavy atom. The fraction of sp³-hybridized carbons (Fsp3) is 1.00. The minimum absolute atomic E-state index is 0.670. The Kier molecular flexibility index (Phi) is 7.33. The van der Waals surface area contributed by atoms with Crippen molar-refractivity contribution in [3.63, 3.8) is 0 Å². The van der Waals surface area contributed by atoms with Crippen LogP contribution in [0.5, 0.6) is 0 Å². The van der Waals surface area contributed by atoms with Crippen molar-refractivity contribution in [1.82, 2.24) is 15.1 Å². The highest BCUT2D eigenvalue weighted by atomic mass is 15.2. The Balaban J connectivity index is 2.28. The van der Waals surface area contributed by atoms with E-state index in [-0.39, 0.29) is 0 Å². The van der Waals surface area contributed by atoms with Gasteiger partial charge in [0.2, 0.25) is 0 Å².